The molecule has 0 unspecified atom stereocenters. The summed E-state index contributed by atoms with van der Waals surface area (Å²) in [5.74, 6) is -0.166. The smallest absolute Gasteiger partial charge is 0.253 e. The van der Waals surface area contributed by atoms with Crippen LogP contribution in [0.1, 0.15) is 17.7 Å². The highest BCUT2D eigenvalue weighted by molar-refractivity contribution is 7.10. The maximum Gasteiger partial charge on any atom is 0.253 e. The van der Waals surface area contributed by atoms with Gasteiger partial charge in [0.05, 0.1) is 6.42 Å². The Morgan fingerprint density at radius 1 is 1.13 bits per heavy atom. The van der Waals surface area contributed by atoms with Crippen molar-refractivity contribution in [2.75, 3.05) is 17.2 Å². The zero-order valence-corrected chi connectivity index (χ0v) is 13.4. The molecule has 1 aromatic carbocycles. The fourth-order valence-corrected chi connectivity index (χ4v) is 3.12. The summed E-state index contributed by atoms with van der Waals surface area (Å²) >= 11 is 1.56. The van der Waals surface area contributed by atoms with E-state index in [0.717, 1.165) is 17.7 Å². The minimum Gasteiger partial charge on any atom is -0.368 e. The average molecular weight is 330 g/mol. The number of anilines is 2. The Balaban J connectivity index is 1.52. The standard InChI is InChI=1S/C17H18N2O3S/c20-16(11-14-3-2-10-23-14)18-12-5-7-13(8-6-12)19-17(21)15-4-1-9-22-15/h2-3,5-8,10,15H,1,4,9,11H2,(H,18,20)(H,19,21)/t15-/m0/s1. The van der Waals surface area contributed by atoms with Crippen molar-refractivity contribution in [2.24, 2.45) is 0 Å². The molecule has 1 fully saturated rings. The number of hydrogen-bond acceptors (Lipinski definition) is 4. The van der Waals surface area contributed by atoms with Crippen molar-refractivity contribution in [3.63, 3.8) is 0 Å². The van der Waals surface area contributed by atoms with Gasteiger partial charge in [-0.3, -0.25) is 9.59 Å². The van der Waals surface area contributed by atoms with Crippen LogP contribution >= 0.6 is 11.3 Å². The van der Waals surface area contributed by atoms with E-state index in [9.17, 15) is 9.59 Å². The van der Waals surface area contributed by atoms with Gasteiger partial charge in [-0.15, -0.1) is 11.3 Å². The summed E-state index contributed by atoms with van der Waals surface area (Å²) in [5.41, 5.74) is 1.41. The molecule has 2 aromatic rings. The first-order valence-electron chi connectivity index (χ1n) is 7.55. The van der Waals surface area contributed by atoms with Crippen LogP contribution in [0, 0.1) is 0 Å². The molecule has 0 bridgehead atoms. The quantitative estimate of drug-likeness (QED) is 0.885. The van der Waals surface area contributed by atoms with Crippen LogP contribution in [0.4, 0.5) is 11.4 Å². The van der Waals surface area contributed by atoms with Gasteiger partial charge < -0.3 is 15.4 Å². The van der Waals surface area contributed by atoms with Gasteiger partial charge in [-0.2, -0.15) is 0 Å². The third kappa shape index (κ3) is 4.40. The molecular weight excluding hydrogens is 312 g/mol. The number of carbonyl (C=O) groups excluding carboxylic acids is 2. The highest BCUT2D eigenvalue weighted by Gasteiger charge is 2.23. The van der Waals surface area contributed by atoms with Gasteiger partial charge in [-0.05, 0) is 48.6 Å². The van der Waals surface area contributed by atoms with Gasteiger partial charge >= 0.3 is 0 Å². The van der Waals surface area contributed by atoms with E-state index in [1.54, 1.807) is 35.6 Å². The highest BCUT2D eigenvalue weighted by atomic mass is 32.1. The molecule has 2 N–H and O–H groups in total. The van der Waals surface area contributed by atoms with Crippen LogP contribution in [0.3, 0.4) is 0 Å². The summed E-state index contributed by atoms with van der Waals surface area (Å²) in [6.45, 7) is 0.646. The SMILES string of the molecule is O=C(Cc1cccs1)Nc1ccc(NC(=O)[C@@H]2CCCO2)cc1. The van der Waals surface area contributed by atoms with E-state index in [0.29, 0.717) is 24.4 Å². The summed E-state index contributed by atoms with van der Waals surface area (Å²) in [4.78, 5) is 24.9. The summed E-state index contributed by atoms with van der Waals surface area (Å²) in [5, 5.41) is 7.62. The highest BCUT2D eigenvalue weighted by Crippen LogP contribution is 2.18. The lowest BCUT2D eigenvalue weighted by atomic mass is 10.2. The molecule has 0 radical (unpaired) electrons. The molecule has 0 saturated carbocycles. The van der Waals surface area contributed by atoms with E-state index in [-0.39, 0.29) is 17.9 Å². The number of nitrogens with one attached hydrogen (secondary N) is 2. The fraction of sp³-hybridized carbons (Fsp3) is 0.294. The third-order valence-corrected chi connectivity index (χ3v) is 4.45. The first-order valence-corrected chi connectivity index (χ1v) is 8.43. The molecule has 120 valence electrons. The second kappa shape index (κ2) is 7.39. The lowest BCUT2D eigenvalue weighted by Crippen LogP contribution is -2.26. The molecule has 1 aliphatic rings. The van der Waals surface area contributed by atoms with Crippen LogP contribution in [0.2, 0.25) is 0 Å². The zero-order valence-electron chi connectivity index (χ0n) is 12.6. The molecular formula is C17H18N2O3S. The van der Waals surface area contributed by atoms with E-state index in [4.69, 9.17) is 4.74 Å². The van der Waals surface area contributed by atoms with E-state index in [2.05, 4.69) is 10.6 Å². The van der Waals surface area contributed by atoms with E-state index in [1.807, 2.05) is 17.5 Å². The lowest BCUT2D eigenvalue weighted by molar-refractivity contribution is -0.124. The Labute approximate surface area is 138 Å². The Morgan fingerprint density at radius 2 is 1.87 bits per heavy atom. The van der Waals surface area contributed by atoms with Crippen LogP contribution in [-0.2, 0) is 20.7 Å². The molecule has 3 rings (SSSR count). The molecule has 2 amide bonds. The van der Waals surface area contributed by atoms with Gasteiger partial charge in [-0.1, -0.05) is 6.07 Å². The number of thiophene rings is 1. The van der Waals surface area contributed by atoms with Crippen molar-refractivity contribution in [2.45, 2.75) is 25.4 Å². The van der Waals surface area contributed by atoms with E-state index >= 15 is 0 Å². The van der Waals surface area contributed by atoms with Crippen LogP contribution < -0.4 is 10.6 Å². The molecule has 0 spiro atoms. The number of carbonyl (C=O) groups is 2. The summed E-state index contributed by atoms with van der Waals surface area (Å²) in [6.07, 6.45) is 1.71. The molecule has 23 heavy (non-hydrogen) atoms. The van der Waals surface area contributed by atoms with Gasteiger partial charge in [0.15, 0.2) is 0 Å². The van der Waals surface area contributed by atoms with Gasteiger partial charge in [0.25, 0.3) is 5.91 Å². The second-order valence-electron chi connectivity index (χ2n) is 5.37. The second-order valence-corrected chi connectivity index (χ2v) is 6.40. The van der Waals surface area contributed by atoms with Gasteiger partial charge in [0.2, 0.25) is 5.91 Å². The number of hydrogen-bond donors (Lipinski definition) is 2. The third-order valence-electron chi connectivity index (χ3n) is 3.57. The van der Waals surface area contributed by atoms with Crippen molar-refractivity contribution >= 4 is 34.5 Å². The number of rotatable bonds is 5. The maximum absolute atomic E-state index is 12.0. The van der Waals surface area contributed by atoms with Crippen molar-refractivity contribution in [3.8, 4) is 0 Å². The van der Waals surface area contributed by atoms with Crippen LogP contribution in [0.25, 0.3) is 0 Å². The topological polar surface area (TPSA) is 67.4 Å². The van der Waals surface area contributed by atoms with Crippen LogP contribution in [0.15, 0.2) is 41.8 Å². The molecule has 1 aromatic heterocycles. The van der Waals surface area contributed by atoms with E-state index in [1.165, 1.54) is 0 Å². The minimum atomic E-state index is -0.347. The van der Waals surface area contributed by atoms with Crippen molar-refractivity contribution in [3.05, 3.63) is 46.7 Å². The van der Waals surface area contributed by atoms with Gasteiger partial charge in [0, 0.05) is 22.9 Å². The van der Waals surface area contributed by atoms with Gasteiger partial charge in [0.1, 0.15) is 6.10 Å². The number of amides is 2. The average Bonchev–Trinajstić information content (AvgIpc) is 3.22. The largest absolute Gasteiger partial charge is 0.368 e. The minimum absolute atomic E-state index is 0.0522. The summed E-state index contributed by atoms with van der Waals surface area (Å²) < 4.78 is 5.35. The summed E-state index contributed by atoms with van der Waals surface area (Å²) in [6, 6.07) is 11.0. The predicted octanol–water partition coefficient (Wildman–Crippen LogP) is 3.05. The Hall–Kier alpha value is -2.18. The van der Waals surface area contributed by atoms with Crippen LogP contribution in [-0.4, -0.2) is 24.5 Å². The molecule has 1 saturated heterocycles. The van der Waals surface area contributed by atoms with Crippen molar-refractivity contribution in [1.29, 1.82) is 0 Å². The molecule has 1 aliphatic heterocycles. The molecule has 0 aliphatic carbocycles. The number of ether oxygens (including phenoxy) is 1. The summed E-state index contributed by atoms with van der Waals surface area (Å²) in [7, 11) is 0. The molecule has 5 nitrogen and oxygen atoms in total. The first kappa shape index (κ1) is 15.7. The number of benzene rings is 1. The van der Waals surface area contributed by atoms with E-state index < -0.39 is 0 Å². The molecule has 2 heterocycles. The zero-order chi connectivity index (χ0) is 16.1. The van der Waals surface area contributed by atoms with Gasteiger partial charge in [-0.25, -0.2) is 0 Å². The Bertz CT molecular complexity index is 662. The molecule has 6 heteroatoms. The van der Waals surface area contributed by atoms with Crippen molar-refractivity contribution in [1.82, 2.24) is 0 Å². The Kier molecular flexibility index (Phi) is 5.05. The monoisotopic (exact) mass is 330 g/mol. The fourth-order valence-electron chi connectivity index (χ4n) is 2.42. The van der Waals surface area contributed by atoms with Crippen LogP contribution in [0.5, 0.6) is 0 Å². The van der Waals surface area contributed by atoms with Crippen molar-refractivity contribution < 1.29 is 14.3 Å². The maximum atomic E-state index is 12.0. The first-order chi connectivity index (χ1) is 11.2. The lowest BCUT2D eigenvalue weighted by Gasteiger charge is -2.11. The normalized spacial score (nSPS) is 17.0. The molecule has 1 atom stereocenters. The predicted molar refractivity (Wildman–Crippen MR) is 90.7 cm³/mol. The Morgan fingerprint density at radius 3 is 2.48 bits per heavy atom.